The van der Waals surface area contributed by atoms with Crippen LogP contribution in [0.5, 0.6) is 0 Å². The van der Waals surface area contributed by atoms with Gasteiger partial charge in [-0.1, -0.05) is 24.3 Å². The molecule has 3 rings (SSSR count). The zero-order chi connectivity index (χ0) is 16.9. The smallest absolute Gasteiger partial charge is 0.326 e. The summed E-state index contributed by atoms with van der Waals surface area (Å²) in [5.74, 6) is -0.516. The number of ether oxygens (including phenoxy) is 1. The van der Waals surface area contributed by atoms with Crippen LogP contribution in [0.1, 0.15) is 11.1 Å². The van der Waals surface area contributed by atoms with Crippen LogP contribution in [-0.4, -0.2) is 15.5 Å². The predicted octanol–water partition coefficient (Wildman–Crippen LogP) is 2.01. The van der Waals surface area contributed by atoms with Gasteiger partial charge in [0.2, 0.25) is 0 Å². The lowest BCUT2D eigenvalue weighted by atomic mass is 10.2. The number of carbonyl (C=O) groups is 1. The number of aromatic nitrogens is 2. The molecule has 6 heteroatoms. The Morgan fingerprint density at radius 1 is 1.17 bits per heavy atom. The first-order chi connectivity index (χ1) is 11.7. The van der Waals surface area contributed by atoms with E-state index in [1.807, 2.05) is 12.1 Å². The SMILES string of the molecule is N#Cc1ccc(COC(=O)Cn2c(=O)cnc3ccccc32)cc1. The van der Waals surface area contributed by atoms with Crippen molar-refractivity contribution in [3.63, 3.8) is 0 Å². The number of esters is 1. The lowest BCUT2D eigenvalue weighted by Gasteiger charge is -2.09. The molecular formula is C18H13N3O3. The number of hydrogen-bond acceptors (Lipinski definition) is 5. The molecule has 0 amide bonds. The van der Waals surface area contributed by atoms with Gasteiger partial charge in [-0.05, 0) is 29.8 Å². The first kappa shape index (κ1) is 15.4. The van der Waals surface area contributed by atoms with Crippen molar-refractivity contribution >= 4 is 17.0 Å². The van der Waals surface area contributed by atoms with Crippen molar-refractivity contribution in [1.82, 2.24) is 9.55 Å². The standard InChI is InChI=1S/C18H13N3O3/c19-9-13-5-7-14(8-6-13)12-24-18(23)11-21-16-4-2-1-3-15(16)20-10-17(21)22/h1-8,10H,11-12H2. The van der Waals surface area contributed by atoms with Gasteiger partial charge in [0.25, 0.3) is 5.56 Å². The average Bonchev–Trinajstić information content (AvgIpc) is 2.63. The molecule has 0 fully saturated rings. The van der Waals surface area contributed by atoms with Crippen molar-refractivity contribution in [3.05, 3.63) is 76.2 Å². The van der Waals surface area contributed by atoms with Crippen molar-refractivity contribution < 1.29 is 9.53 Å². The van der Waals surface area contributed by atoms with Crippen molar-refractivity contribution in [1.29, 1.82) is 5.26 Å². The van der Waals surface area contributed by atoms with E-state index in [-0.39, 0.29) is 18.7 Å². The molecule has 3 aromatic rings. The van der Waals surface area contributed by atoms with Gasteiger partial charge in [0, 0.05) is 0 Å². The van der Waals surface area contributed by atoms with E-state index in [2.05, 4.69) is 4.98 Å². The number of rotatable bonds is 4. The Hall–Kier alpha value is -3.46. The number of para-hydroxylation sites is 2. The first-order valence-corrected chi connectivity index (χ1v) is 7.26. The minimum Gasteiger partial charge on any atom is -0.459 e. The first-order valence-electron chi connectivity index (χ1n) is 7.26. The van der Waals surface area contributed by atoms with Gasteiger partial charge < -0.3 is 4.74 Å². The Morgan fingerprint density at radius 2 is 1.92 bits per heavy atom. The number of fused-ring (bicyclic) bond motifs is 1. The minimum absolute atomic E-state index is 0.0856. The number of hydrogen-bond donors (Lipinski definition) is 0. The largest absolute Gasteiger partial charge is 0.459 e. The fourth-order valence-corrected chi connectivity index (χ4v) is 2.29. The number of nitriles is 1. The van der Waals surface area contributed by atoms with Crippen LogP contribution in [-0.2, 0) is 22.7 Å². The van der Waals surface area contributed by atoms with Crippen molar-refractivity contribution in [2.24, 2.45) is 0 Å². The maximum atomic E-state index is 12.1. The van der Waals surface area contributed by atoms with E-state index >= 15 is 0 Å². The van der Waals surface area contributed by atoms with Crippen LogP contribution in [0.3, 0.4) is 0 Å². The molecule has 1 heterocycles. The average molecular weight is 319 g/mol. The Balaban J connectivity index is 1.72. The molecule has 6 nitrogen and oxygen atoms in total. The second kappa shape index (κ2) is 6.75. The Bertz CT molecular complexity index is 985. The summed E-state index contributed by atoms with van der Waals surface area (Å²) in [4.78, 5) is 28.1. The van der Waals surface area contributed by atoms with E-state index in [9.17, 15) is 9.59 Å². The second-order valence-corrected chi connectivity index (χ2v) is 5.14. The highest BCUT2D eigenvalue weighted by molar-refractivity contribution is 5.77. The van der Waals surface area contributed by atoms with Gasteiger partial charge >= 0.3 is 5.97 Å². The summed E-state index contributed by atoms with van der Waals surface area (Å²) in [6, 6.07) is 15.9. The van der Waals surface area contributed by atoms with E-state index < -0.39 is 5.97 Å². The normalized spacial score (nSPS) is 10.3. The number of benzene rings is 2. The monoisotopic (exact) mass is 319 g/mol. The molecule has 118 valence electrons. The van der Waals surface area contributed by atoms with Crippen molar-refractivity contribution in [3.8, 4) is 6.07 Å². The van der Waals surface area contributed by atoms with Gasteiger partial charge in [0.1, 0.15) is 13.2 Å². The molecule has 0 aliphatic heterocycles. The molecule has 0 saturated heterocycles. The maximum absolute atomic E-state index is 12.1. The molecular weight excluding hydrogens is 306 g/mol. The third kappa shape index (κ3) is 3.31. The molecule has 0 saturated carbocycles. The third-order valence-corrected chi connectivity index (χ3v) is 3.52. The summed E-state index contributed by atoms with van der Waals surface area (Å²) in [6.07, 6.45) is 1.19. The van der Waals surface area contributed by atoms with Gasteiger partial charge in [-0.15, -0.1) is 0 Å². The fraction of sp³-hybridized carbons (Fsp3) is 0.111. The zero-order valence-electron chi connectivity index (χ0n) is 12.7. The number of carbonyl (C=O) groups excluding carboxylic acids is 1. The van der Waals surface area contributed by atoms with Crippen LogP contribution in [0.15, 0.2) is 59.5 Å². The summed E-state index contributed by atoms with van der Waals surface area (Å²) in [6.45, 7) is -0.0968. The second-order valence-electron chi connectivity index (χ2n) is 5.14. The summed E-state index contributed by atoms with van der Waals surface area (Å²) in [5.41, 5.74) is 2.18. The fourth-order valence-electron chi connectivity index (χ4n) is 2.29. The van der Waals surface area contributed by atoms with Crippen LogP contribution in [0.4, 0.5) is 0 Å². The van der Waals surface area contributed by atoms with E-state index in [4.69, 9.17) is 10.00 Å². The Kier molecular flexibility index (Phi) is 4.34. The molecule has 2 aromatic carbocycles. The topological polar surface area (TPSA) is 85.0 Å². The highest BCUT2D eigenvalue weighted by atomic mass is 16.5. The molecule has 0 N–H and O–H groups in total. The van der Waals surface area contributed by atoms with Crippen molar-refractivity contribution in [2.75, 3.05) is 0 Å². The molecule has 0 bridgehead atoms. The molecule has 0 aliphatic carbocycles. The van der Waals surface area contributed by atoms with Gasteiger partial charge in [-0.25, -0.2) is 4.98 Å². The Labute approximate surface area is 137 Å². The van der Waals surface area contributed by atoms with Gasteiger partial charge in [-0.2, -0.15) is 5.26 Å². The molecule has 0 radical (unpaired) electrons. The van der Waals surface area contributed by atoms with Gasteiger partial charge in [0.15, 0.2) is 0 Å². The molecule has 0 atom stereocenters. The molecule has 0 spiro atoms. The summed E-state index contributed by atoms with van der Waals surface area (Å²) < 4.78 is 6.54. The van der Waals surface area contributed by atoms with Crippen LogP contribution < -0.4 is 5.56 Å². The molecule has 0 aliphatic rings. The lowest BCUT2D eigenvalue weighted by molar-refractivity contribution is -0.145. The highest BCUT2D eigenvalue weighted by Gasteiger charge is 2.10. The summed E-state index contributed by atoms with van der Waals surface area (Å²) in [5, 5.41) is 8.75. The third-order valence-electron chi connectivity index (χ3n) is 3.52. The van der Waals surface area contributed by atoms with Crippen LogP contribution >= 0.6 is 0 Å². The minimum atomic E-state index is -0.516. The van der Waals surface area contributed by atoms with Crippen LogP contribution in [0, 0.1) is 11.3 Å². The summed E-state index contributed by atoms with van der Waals surface area (Å²) >= 11 is 0. The van der Waals surface area contributed by atoms with Crippen molar-refractivity contribution in [2.45, 2.75) is 13.2 Å². The van der Waals surface area contributed by atoms with E-state index in [0.29, 0.717) is 16.6 Å². The molecule has 1 aromatic heterocycles. The lowest BCUT2D eigenvalue weighted by Crippen LogP contribution is -2.25. The quantitative estimate of drug-likeness (QED) is 0.687. The van der Waals surface area contributed by atoms with Crippen LogP contribution in [0.2, 0.25) is 0 Å². The number of nitrogens with zero attached hydrogens (tertiary/aromatic N) is 3. The maximum Gasteiger partial charge on any atom is 0.326 e. The van der Waals surface area contributed by atoms with E-state index in [0.717, 1.165) is 5.56 Å². The van der Waals surface area contributed by atoms with Gasteiger partial charge in [0.05, 0.1) is 28.9 Å². The predicted molar refractivity (Wildman–Crippen MR) is 87.0 cm³/mol. The highest BCUT2D eigenvalue weighted by Crippen LogP contribution is 2.09. The summed E-state index contributed by atoms with van der Waals surface area (Å²) in [7, 11) is 0. The van der Waals surface area contributed by atoms with Gasteiger partial charge in [-0.3, -0.25) is 14.2 Å². The van der Waals surface area contributed by atoms with Crippen LogP contribution in [0.25, 0.3) is 11.0 Å². The zero-order valence-corrected chi connectivity index (χ0v) is 12.7. The van der Waals surface area contributed by atoms with E-state index in [1.165, 1.54) is 10.8 Å². The Morgan fingerprint density at radius 3 is 2.67 bits per heavy atom. The van der Waals surface area contributed by atoms with E-state index in [1.54, 1.807) is 42.5 Å². The molecule has 0 unspecified atom stereocenters. The molecule has 24 heavy (non-hydrogen) atoms.